The van der Waals surface area contributed by atoms with Gasteiger partial charge in [0.15, 0.2) is 5.65 Å². The smallest absolute Gasteiger partial charge is 0.265 e. The first kappa shape index (κ1) is 15.3. The number of nitrogens with one attached hydrogen (secondary N) is 2. The summed E-state index contributed by atoms with van der Waals surface area (Å²) in [6, 6.07) is 14.4. The molecule has 25 heavy (non-hydrogen) atoms. The van der Waals surface area contributed by atoms with Crippen LogP contribution in [0.25, 0.3) is 22.1 Å². The van der Waals surface area contributed by atoms with E-state index < -0.39 is 0 Å². The monoisotopic (exact) mass is 330 g/mol. The van der Waals surface area contributed by atoms with E-state index in [1.54, 1.807) is 6.21 Å². The van der Waals surface area contributed by atoms with Crippen molar-refractivity contribution >= 4 is 34.2 Å². The summed E-state index contributed by atoms with van der Waals surface area (Å²) in [5.41, 5.74) is 8.79. The van der Waals surface area contributed by atoms with E-state index in [4.69, 9.17) is 0 Å². The minimum atomic E-state index is 0.359. The maximum atomic E-state index is 4.45. The summed E-state index contributed by atoms with van der Waals surface area (Å²) in [5, 5.41) is 13.6. The highest BCUT2D eigenvalue weighted by atomic mass is 15.4. The summed E-state index contributed by atoms with van der Waals surface area (Å²) in [4.78, 5) is 7.71. The van der Waals surface area contributed by atoms with Crippen LogP contribution in [0.15, 0.2) is 47.6 Å². The number of nitrogens with zero attached hydrogens (tertiary/aromatic N) is 4. The molecule has 2 N–H and O–H groups in total. The highest BCUT2D eigenvalue weighted by Gasteiger charge is 2.08. The summed E-state index contributed by atoms with van der Waals surface area (Å²) in [5.74, 6) is 0.359. The van der Waals surface area contributed by atoms with Crippen LogP contribution in [0.4, 0.5) is 5.95 Å². The lowest BCUT2D eigenvalue weighted by Gasteiger charge is -1.98. The van der Waals surface area contributed by atoms with E-state index in [0.717, 1.165) is 28.4 Å². The number of aromatic nitrogens is 4. The van der Waals surface area contributed by atoms with E-state index >= 15 is 0 Å². The molecule has 0 bridgehead atoms. The number of hydrogen-bond acceptors (Lipinski definition) is 5. The number of hydrogen-bond donors (Lipinski definition) is 2. The van der Waals surface area contributed by atoms with Crippen molar-refractivity contribution in [1.82, 2.24) is 20.2 Å². The summed E-state index contributed by atoms with van der Waals surface area (Å²) in [6.07, 6.45) is 2.76. The minimum absolute atomic E-state index is 0.359. The molecule has 0 atom stereocenters. The normalized spacial score (nSPS) is 11.6. The predicted molar refractivity (Wildman–Crippen MR) is 101 cm³/mol. The van der Waals surface area contributed by atoms with Crippen LogP contribution in [-0.2, 0) is 6.42 Å². The molecule has 0 unspecified atom stereocenters. The first-order valence-electron chi connectivity index (χ1n) is 8.23. The number of hydrazone groups is 1. The lowest BCUT2D eigenvalue weighted by molar-refractivity contribution is 1.01. The summed E-state index contributed by atoms with van der Waals surface area (Å²) < 4.78 is 0. The lowest BCUT2D eigenvalue weighted by Crippen LogP contribution is -1.99. The zero-order valence-corrected chi connectivity index (χ0v) is 14.1. The fourth-order valence-electron chi connectivity index (χ4n) is 2.74. The molecule has 0 saturated carbocycles. The van der Waals surface area contributed by atoms with Gasteiger partial charge in [-0.3, -0.25) is 0 Å². The van der Waals surface area contributed by atoms with E-state index in [2.05, 4.69) is 68.8 Å². The summed E-state index contributed by atoms with van der Waals surface area (Å²) in [7, 11) is 0. The van der Waals surface area contributed by atoms with Crippen LogP contribution < -0.4 is 5.43 Å². The molecule has 0 amide bonds. The van der Waals surface area contributed by atoms with E-state index in [1.807, 2.05) is 18.2 Å². The Labute approximate surface area is 145 Å². The molecule has 0 fully saturated rings. The van der Waals surface area contributed by atoms with Gasteiger partial charge in [-0.1, -0.05) is 42.8 Å². The Kier molecular flexibility index (Phi) is 3.85. The second-order valence-electron chi connectivity index (χ2n) is 5.97. The average Bonchev–Trinajstić information content (AvgIpc) is 2.99. The van der Waals surface area contributed by atoms with Gasteiger partial charge in [0.05, 0.1) is 6.21 Å². The fraction of sp³-hybridized carbons (Fsp3) is 0.158. The Morgan fingerprint density at radius 3 is 2.76 bits per heavy atom. The van der Waals surface area contributed by atoms with E-state index in [9.17, 15) is 0 Å². The van der Waals surface area contributed by atoms with Gasteiger partial charge in [0, 0.05) is 10.9 Å². The van der Waals surface area contributed by atoms with Crippen molar-refractivity contribution in [2.75, 3.05) is 5.43 Å². The topological polar surface area (TPSA) is 78.8 Å². The highest BCUT2D eigenvalue weighted by molar-refractivity contribution is 6.03. The molecule has 4 aromatic rings. The zero-order chi connectivity index (χ0) is 17.2. The maximum absolute atomic E-state index is 4.45. The van der Waals surface area contributed by atoms with Crippen molar-refractivity contribution in [3.63, 3.8) is 0 Å². The maximum Gasteiger partial charge on any atom is 0.265 e. The van der Waals surface area contributed by atoms with Gasteiger partial charge in [-0.15, -0.1) is 10.2 Å². The number of benzene rings is 2. The van der Waals surface area contributed by atoms with Crippen molar-refractivity contribution in [2.24, 2.45) is 5.10 Å². The highest BCUT2D eigenvalue weighted by Crippen LogP contribution is 2.23. The molecular weight excluding hydrogens is 312 g/mol. The molecule has 2 aromatic carbocycles. The Bertz CT molecular complexity index is 1060. The third-order valence-corrected chi connectivity index (χ3v) is 4.14. The predicted octanol–water partition coefficient (Wildman–Crippen LogP) is 3.82. The van der Waals surface area contributed by atoms with Gasteiger partial charge in [-0.05, 0) is 36.6 Å². The Balaban J connectivity index is 1.57. The molecule has 0 aliphatic rings. The molecule has 0 saturated heterocycles. The molecule has 0 radical (unpaired) electrons. The number of fused-ring (bicyclic) bond motifs is 3. The first-order chi connectivity index (χ1) is 12.2. The number of rotatable bonds is 4. The number of anilines is 1. The first-order valence-corrected chi connectivity index (χ1v) is 8.23. The Morgan fingerprint density at radius 2 is 1.96 bits per heavy atom. The molecule has 0 aliphatic carbocycles. The molecule has 2 aromatic heterocycles. The van der Waals surface area contributed by atoms with Gasteiger partial charge < -0.3 is 4.98 Å². The third kappa shape index (κ3) is 3.06. The van der Waals surface area contributed by atoms with Crippen LogP contribution >= 0.6 is 0 Å². The molecular formula is C19H18N6. The van der Waals surface area contributed by atoms with Crippen molar-refractivity contribution in [1.29, 1.82) is 0 Å². The van der Waals surface area contributed by atoms with Crippen LogP contribution in [0.2, 0.25) is 0 Å². The van der Waals surface area contributed by atoms with Crippen molar-refractivity contribution in [3.05, 3.63) is 59.2 Å². The molecule has 6 heteroatoms. The van der Waals surface area contributed by atoms with Crippen LogP contribution in [0.5, 0.6) is 0 Å². The third-order valence-electron chi connectivity index (χ3n) is 4.14. The van der Waals surface area contributed by atoms with Gasteiger partial charge in [-0.25, -0.2) is 5.43 Å². The lowest BCUT2D eigenvalue weighted by atomic mass is 10.1. The van der Waals surface area contributed by atoms with Crippen LogP contribution in [0, 0.1) is 6.92 Å². The van der Waals surface area contributed by atoms with Crippen molar-refractivity contribution in [3.8, 4) is 0 Å². The van der Waals surface area contributed by atoms with Gasteiger partial charge in [-0.2, -0.15) is 10.1 Å². The molecule has 124 valence electrons. The molecule has 6 nitrogen and oxygen atoms in total. The summed E-state index contributed by atoms with van der Waals surface area (Å²) >= 11 is 0. The molecule has 0 aliphatic heterocycles. The molecule has 4 rings (SSSR count). The zero-order valence-electron chi connectivity index (χ0n) is 14.1. The standard InChI is InChI=1S/C19H18N6/c1-3-13-5-7-14(8-6-13)11-20-24-19-22-18-17(23-25-19)15-10-12(2)4-9-16(15)21-18/h4-11H,3H2,1-2H3,(H2,21,22,24,25)/b20-11+. The van der Waals surface area contributed by atoms with Gasteiger partial charge in [0.25, 0.3) is 5.95 Å². The van der Waals surface area contributed by atoms with Gasteiger partial charge in [0.2, 0.25) is 0 Å². The number of aromatic amines is 1. The SMILES string of the molecule is CCc1ccc(/C=N/Nc2nnc3c(n2)[nH]c2ccc(C)cc23)cc1. The second kappa shape index (κ2) is 6.32. The Hall–Kier alpha value is -3.28. The fourth-order valence-corrected chi connectivity index (χ4v) is 2.74. The number of aryl methyl sites for hydroxylation is 2. The molecule has 2 heterocycles. The second-order valence-corrected chi connectivity index (χ2v) is 5.97. The van der Waals surface area contributed by atoms with Crippen LogP contribution in [0.3, 0.4) is 0 Å². The molecule has 0 spiro atoms. The van der Waals surface area contributed by atoms with Crippen LogP contribution in [-0.4, -0.2) is 26.4 Å². The average molecular weight is 330 g/mol. The van der Waals surface area contributed by atoms with E-state index in [-0.39, 0.29) is 0 Å². The van der Waals surface area contributed by atoms with Crippen molar-refractivity contribution < 1.29 is 0 Å². The van der Waals surface area contributed by atoms with Crippen LogP contribution in [0.1, 0.15) is 23.6 Å². The van der Waals surface area contributed by atoms with E-state index in [0.29, 0.717) is 11.6 Å². The largest absolute Gasteiger partial charge is 0.338 e. The summed E-state index contributed by atoms with van der Waals surface area (Å²) in [6.45, 7) is 4.19. The quantitative estimate of drug-likeness (QED) is 0.440. The van der Waals surface area contributed by atoms with E-state index in [1.165, 1.54) is 11.1 Å². The van der Waals surface area contributed by atoms with Crippen molar-refractivity contribution in [2.45, 2.75) is 20.3 Å². The van der Waals surface area contributed by atoms with Gasteiger partial charge in [0.1, 0.15) is 5.52 Å². The minimum Gasteiger partial charge on any atom is -0.338 e. The Morgan fingerprint density at radius 1 is 1.12 bits per heavy atom. The number of H-pyrrole nitrogens is 1. The van der Waals surface area contributed by atoms with Gasteiger partial charge >= 0.3 is 0 Å².